The number of benzene rings is 6. The standard InChI is InChI=1S/C38H24F6O2S/c39-31-13-1-25(2-14-31)37(26-3-15-32(40)16-4-26,27-5-17-33(41)18-6-27)47(45,46)38(28-7-19-34(42)20-8-28,29-9-21-35(43)22-10-29)30-11-23-36(44)24-12-30/h1-24H. The highest BCUT2D eigenvalue weighted by Gasteiger charge is 2.61. The molecule has 6 aromatic rings. The van der Waals surface area contributed by atoms with Gasteiger partial charge in [-0.3, -0.25) is 0 Å². The van der Waals surface area contributed by atoms with Crippen LogP contribution in [0.5, 0.6) is 0 Å². The van der Waals surface area contributed by atoms with Crippen LogP contribution in [0.4, 0.5) is 26.3 Å². The Kier molecular flexibility index (Phi) is 8.27. The number of sulfone groups is 1. The zero-order valence-electron chi connectivity index (χ0n) is 24.3. The third-order valence-electron chi connectivity index (χ3n) is 8.31. The first kappa shape index (κ1) is 31.8. The summed E-state index contributed by atoms with van der Waals surface area (Å²) in [6.45, 7) is 0. The predicted molar refractivity (Wildman–Crippen MR) is 167 cm³/mol. The quantitative estimate of drug-likeness (QED) is 0.121. The third-order valence-corrected chi connectivity index (χ3v) is 11.3. The van der Waals surface area contributed by atoms with Gasteiger partial charge in [-0.15, -0.1) is 0 Å². The van der Waals surface area contributed by atoms with E-state index in [2.05, 4.69) is 0 Å². The Morgan fingerprint density at radius 1 is 0.277 bits per heavy atom. The van der Waals surface area contributed by atoms with Gasteiger partial charge < -0.3 is 0 Å². The van der Waals surface area contributed by atoms with Gasteiger partial charge in [0.1, 0.15) is 44.4 Å². The summed E-state index contributed by atoms with van der Waals surface area (Å²) in [5.41, 5.74) is -0.0399. The molecule has 0 radical (unpaired) electrons. The van der Waals surface area contributed by atoms with Crippen molar-refractivity contribution in [1.82, 2.24) is 0 Å². The van der Waals surface area contributed by atoms with E-state index >= 15 is 8.42 Å². The molecule has 0 aliphatic rings. The average molecular weight is 659 g/mol. The van der Waals surface area contributed by atoms with E-state index in [9.17, 15) is 26.3 Å². The van der Waals surface area contributed by atoms with Crippen molar-refractivity contribution in [2.24, 2.45) is 0 Å². The van der Waals surface area contributed by atoms with Crippen molar-refractivity contribution in [2.75, 3.05) is 0 Å². The zero-order chi connectivity index (χ0) is 33.4. The van der Waals surface area contributed by atoms with Crippen molar-refractivity contribution in [3.05, 3.63) is 214 Å². The van der Waals surface area contributed by atoms with Crippen molar-refractivity contribution in [3.8, 4) is 0 Å². The molecule has 236 valence electrons. The molecule has 6 rings (SSSR count). The Bertz CT molecular complexity index is 1740. The number of halogens is 6. The molecule has 0 aromatic heterocycles. The van der Waals surface area contributed by atoms with Crippen LogP contribution < -0.4 is 0 Å². The Morgan fingerprint density at radius 2 is 0.404 bits per heavy atom. The molecule has 0 atom stereocenters. The summed E-state index contributed by atoms with van der Waals surface area (Å²) in [7, 11) is -5.12. The minimum Gasteiger partial charge on any atom is -0.226 e. The van der Waals surface area contributed by atoms with Gasteiger partial charge in [0.05, 0.1) is 0 Å². The Morgan fingerprint density at radius 3 is 0.532 bits per heavy atom. The summed E-state index contributed by atoms with van der Waals surface area (Å²) in [5, 5.41) is 0. The Hall–Kier alpha value is -5.15. The normalized spacial score (nSPS) is 12.2. The van der Waals surface area contributed by atoms with Crippen LogP contribution in [0, 0.1) is 34.9 Å². The van der Waals surface area contributed by atoms with E-state index in [-0.39, 0.29) is 33.4 Å². The highest BCUT2D eigenvalue weighted by Crippen LogP contribution is 2.56. The Balaban J connectivity index is 1.90. The summed E-state index contributed by atoms with van der Waals surface area (Å²) < 4.78 is 115. The highest BCUT2D eigenvalue weighted by atomic mass is 32.2. The molecule has 0 bridgehead atoms. The molecule has 0 N–H and O–H groups in total. The molecule has 0 heterocycles. The van der Waals surface area contributed by atoms with Gasteiger partial charge in [0, 0.05) is 0 Å². The van der Waals surface area contributed by atoms with E-state index in [0.717, 1.165) is 72.8 Å². The predicted octanol–water partition coefficient (Wildman–Crippen LogP) is 9.22. The fourth-order valence-corrected chi connectivity index (χ4v) is 9.41. The van der Waals surface area contributed by atoms with Gasteiger partial charge in [-0.1, -0.05) is 72.8 Å². The van der Waals surface area contributed by atoms with Crippen LogP contribution >= 0.6 is 0 Å². The van der Waals surface area contributed by atoms with Gasteiger partial charge in [0.2, 0.25) is 0 Å². The second kappa shape index (κ2) is 12.2. The maximum atomic E-state index is 16.4. The molecule has 0 unspecified atom stereocenters. The van der Waals surface area contributed by atoms with Crippen molar-refractivity contribution in [3.63, 3.8) is 0 Å². The third kappa shape index (κ3) is 5.20. The van der Waals surface area contributed by atoms with E-state index in [0.29, 0.717) is 0 Å². The Labute approximate surface area is 267 Å². The molecule has 47 heavy (non-hydrogen) atoms. The second-order valence-corrected chi connectivity index (χ2v) is 13.1. The average Bonchev–Trinajstić information content (AvgIpc) is 3.06. The molecule has 0 amide bonds. The van der Waals surface area contributed by atoms with Gasteiger partial charge in [-0.05, 0) is 106 Å². The molecular formula is C38H24F6O2S. The van der Waals surface area contributed by atoms with Crippen LogP contribution in [0.25, 0.3) is 0 Å². The molecule has 0 aliphatic heterocycles. The molecule has 0 saturated carbocycles. The summed E-state index contributed by atoms with van der Waals surface area (Å²) in [6.07, 6.45) is 0. The van der Waals surface area contributed by atoms with E-state index < -0.39 is 54.2 Å². The molecule has 0 fully saturated rings. The summed E-state index contributed by atoms with van der Waals surface area (Å²) >= 11 is 0. The lowest BCUT2D eigenvalue weighted by molar-refractivity contribution is 0.544. The van der Waals surface area contributed by atoms with Gasteiger partial charge in [0.15, 0.2) is 9.84 Å². The number of hydrogen-bond acceptors (Lipinski definition) is 2. The summed E-state index contributed by atoms with van der Waals surface area (Å²) in [5.74, 6) is -4.08. The maximum absolute atomic E-state index is 16.4. The molecule has 6 aromatic carbocycles. The second-order valence-electron chi connectivity index (χ2n) is 10.9. The van der Waals surface area contributed by atoms with Crippen molar-refractivity contribution < 1.29 is 34.8 Å². The largest absolute Gasteiger partial charge is 0.226 e. The minimum atomic E-state index is -5.12. The van der Waals surface area contributed by atoms with Crippen LogP contribution in [0.2, 0.25) is 0 Å². The fraction of sp³-hybridized carbons (Fsp3) is 0.0526. The molecule has 2 nitrogen and oxygen atoms in total. The lowest BCUT2D eigenvalue weighted by Crippen LogP contribution is -2.51. The smallest absolute Gasteiger partial charge is 0.186 e. The molecule has 0 saturated heterocycles. The summed E-state index contributed by atoms with van der Waals surface area (Å²) in [6, 6.07) is 27.7. The van der Waals surface area contributed by atoms with E-state index in [1.165, 1.54) is 72.8 Å². The molecule has 9 heteroatoms. The van der Waals surface area contributed by atoms with E-state index in [1.807, 2.05) is 0 Å². The lowest BCUT2D eigenvalue weighted by Gasteiger charge is -2.45. The van der Waals surface area contributed by atoms with Crippen molar-refractivity contribution in [2.45, 2.75) is 9.49 Å². The molecule has 0 spiro atoms. The zero-order valence-corrected chi connectivity index (χ0v) is 25.2. The van der Waals surface area contributed by atoms with E-state index in [1.54, 1.807) is 0 Å². The minimum absolute atomic E-state index is 0.00664. The topological polar surface area (TPSA) is 34.1 Å². The van der Waals surface area contributed by atoms with Crippen LogP contribution in [0.3, 0.4) is 0 Å². The van der Waals surface area contributed by atoms with Gasteiger partial charge in [-0.25, -0.2) is 34.8 Å². The van der Waals surface area contributed by atoms with Gasteiger partial charge in [-0.2, -0.15) is 0 Å². The monoisotopic (exact) mass is 658 g/mol. The van der Waals surface area contributed by atoms with Crippen LogP contribution in [0.1, 0.15) is 33.4 Å². The maximum Gasteiger partial charge on any atom is 0.186 e. The van der Waals surface area contributed by atoms with Crippen LogP contribution in [0.15, 0.2) is 146 Å². The summed E-state index contributed by atoms with van der Waals surface area (Å²) in [4.78, 5) is 0. The molecule has 0 aliphatic carbocycles. The van der Waals surface area contributed by atoms with Crippen molar-refractivity contribution in [1.29, 1.82) is 0 Å². The molecular weight excluding hydrogens is 634 g/mol. The SMILES string of the molecule is O=S(=O)(C(c1ccc(F)cc1)(c1ccc(F)cc1)c1ccc(F)cc1)C(c1ccc(F)cc1)(c1ccc(F)cc1)c1ccc(F)cc1. The van der Waals surface area contributed by atoms with Crippen LogP contribution in [-0.2, 0) is 19.3 Å². The van der Waals surface area contributed by atoms with Crippen molar-refractivity contribution >= 4 is 9.84 Å². The highest BCUT2D eigenvalue weighted by molar-refractivity contribution is 7.94. The van der Waals surface area contributed by atoms with Gasteiger partial charge in [0.25, 0.3) is 0 Å². The van der Waals surface area contributed by atoms with Crippen LogP contribution in [-0.4, -0.2) is 8.42 Å². The first-order valence-corrected chi connectivity index (χ1v) is 15.8. The first-order chi connectivity index (χ1) is 22.5. The first-order valence-electron chi connectivity index (χ1n) is 14.3. The fourth-order valence-electron chi connectivity index (χ4n) is 6.27. The lowest BCUT2D eigenvalue weighted by atomic mass is 9.82. The number of hydrogen-bond donors (Lipinski definition) is 0. The van der Waals surface area contributed by atoms with Gasteiger partial charge >= 0.3 is 0 Å². The van der Waals surface area contributed by atoms with E-state index in [4.69, 9.17) is 0 Å². The number of rotatable bonds is 8.